The maximum Gasteiger partial charge on any atom is 0.123 e. The molecule has 15 heavy (non-hydrogen) atoms. The molecule has 2 heteroatoms. The molecule has 2 rings (SSSR count). The van der Waals surface area contributed by atoms with E-state index < -0.39 is 0 Å². The largest absolute Gasteiger partial charge is 0.491 e. The standard InChI is InChI=1S/C13H18O2/c1-10(2)11-4-6-12(7-5-11)14-8-13(3)9-15-13/h4-7,10H,8-9H2,1-3H3. The van der Waals surface area contributed by atoms with Crippen molar-refractivity contribution >= 4 is 0 Å². The van der Waals surface area contributed by atoms with Crippen LogP contribution in [0.25, 0.3) is 0 Å². The van der Waals surface area contributed by atoms with E-state index in [4.69, 9.17) is 9.47 Å². The Bertz CT molecular complexity index is 323. The highest BCUT2D eigenvalue weighted by molar-refractivity contribution is 5.29. The lowest BCUT2D eigenvalue weighted by molar-refractivity contribution is 0.202. The first-order valence-corrected chi connectivity index (χ1v) is 5.46. The van der Waals surface area contributed by atoms with Gasteiger partial charge in [0.2, 0.25) is 0 Å². The van der Waals surface area contributed by atoms with E-state index in [1.165, 1.54) is 5.56 Å². The Hall–Kier alpha value is -1.02. The van der Waals surface area contributed by atoms with Crippen molar-refractivity contribution in [2.75, 3.05) is 13.2 Å². The summed E-state index contributed by atoms with van der Waals surface area (Å²) in [7, 11) is 0. The quantitative estimate of drug-likeness (QED) is 0.706. The third kappa shape index (κ3) is 2.72. The van der Waals surface area contributed by atoms with Crippen LogP contribution in [0.15, 0.2) is 24.3 Å². The molecule has 1 aromatic rings. The summed E-state index contributed by atoms with van der Waals surface area (Å²) in [5, 5.41) is 0. The van der Waals surface area contributed by atoms with Crippen LogP contribution >= 0.6 is 0 Å². The molecule has 82 valence electrons. The fourth-order valence-corrected chi connectivity index (χ4v) is 1.39. The zero-order valence-corrected chi connectivity index (χ0v) is 9.62. The van der Waals surface area contributed by atoms with Gasteiger partial charge in [0, 0.05) is 0 Å². The minimum absolute atomic E-state index is 0.0310. The van der Waals surface area contributed by atoms with Crippen molar-refractivity contribution in [1.29, 1.82) is 0 Å². The number of epoxide rings is 1. The molecular weight excluding hydrogens is 188 g/mol. The van der Waals surface area contributed by atoms with Crippen molar-refractivity contribution in [3.63, 3.8) is 0 Å². The fraction of sp³-hybridized carbons (Fsp3) is 0.538. The molecule has 2 nitrogen and oxygen atoms in total. The van der Waals surface area contributed by atoms with Gasteiger partial charge in [0.05, 0.1) is 6.61 Å². The van der Waals surface area contributed by atoms with Gasteiger partial charge in [-0.25, -0.2) is 0 Å². The van der Waals surface area contributed by atoms with Crippen LogP contribution in [0.3, 0.4) is 0 Å². The molecule has 0 saturated carbocycles. The number of benzene rings is 1. The van der Waals surface area contributed by atoms with E-state index in [2.05, 4.69) is 32.9 Å². The van der Waals surface area contributed by atoms with E-state index in [9.17, 15) is 0 Å². The van der Waals surface area contributed by atoms with Gasteiger partial charge in [0.1, 0.15) is 18.0 Å². The molecule has 0 N–H and O–H groups in total. The summed E-state index contributed by atoms with van der Waals surface area (Å²) in [4.78, 5) is 0. The Labute approximate surface area is 91.2 Å². The highest BCUT2D eigenvalue weighted by Crippen LogP contribution is 2.27. The zero-order chi connectivity index (χ0) is 10.9. The fourth-order valence-electron chi connectivity index (χ4n) is 1.39. The number of rotatable bonds is 4. The smallest absolute Gasteiger partial charge is 0.123 e. The molecule has 0 bridgehead atoms. The molecule has 0 spiro atoms. The third-order valence-corrected chi connectivity index (χ3v) is 2.73. The first-order chi connectivity index (χ1) is 7.09. The lowest BCUT2D eigenvalue weighted by atomic mass is 10.0. The molecule has 1 atom stereocenters. The van der Waals surface area contributed by atoms with Gasteiger partial charge in [0.15, 0.2) is 0 Å². The molecule has 0 amide bonds. The van der Waals surface area contributed by atoms with Crippen LogP contribution in [-0.4, -0.2) is 18.8 Å². The first kappa shape index (κ1) is 10.5. The normalized spacial score (nSPS) is 24.3. The maximum atomic E-state index is 5.64. The SMILES string of the molecule is CC(C)c1ccc(OCC2(C)CO2)cc1. The van der Waals surface area contributed by atoms with Gasteiger partial charge in [-0.05, 0) is 30.5 Å². The van der Waals surface area contributed by atoms with E-state index in [0.29, 0.717) is 12.5 Å². The summed E-state index contributed by atoms with van der Waals surface area (Å²) in [6.45, 7) is 7.91. The van der Waals surface area contributed by atoms with Gasteiger partial charge in [-0.1, -0.05) is 26.0 Å². The van der Waals surface area contributed by atoms with Crippen molar-refractivity contribution in [1.82, 2.24) is 0 Å². The second-order valence-corrected chi connectivity index (χ2v) is 4.75. The van der Waals surface area contributed by atoms with Gasteiger partial charge in [0.25, 0.3) is 0 Å². The summed E-state index contributed by atoms with van der Waals surface area (Å²) >= 11 is 0. The second-order valence-electron chi connectivity index (χ2n) is 4.75. The average Bonchev–Trinajstić information content (AvgIpc) is 2.95. The molecular formula is C13H18O2. The Morgan fingerprint density at radius 2 is 1.93 bits per heavy atom. The average molecular weight is 206 g/mol. The van der Waals surface area contributed by atoms with Gasteiger partial charge >= 0.3 is 0 Å². The van der Waals surface area contributed by atoms with Crippen LogP contribution in [-0.2, 0) is 4.74 Å². The van der Waals surface area contributed by atoms with E-state index >= 15 is 0 Å². The molecule has 0 aromatic heterocycles. The van der Waals surface area contributed by atoms with Crippen molar-refractivity contribution < 1.29 is 9.47 Å². The van der Waals surface area contributed by atoms with Crippen LogP contribution in [0.1, 0.15) is 32.3 Å². The maximum absolute atomic E-state index is 5.64. The van der Waals surface area contributed by atoms with E-state index in [-0.39, 0.29) is 5.60 Å². The van der Waals surface area contributed by atoms with Crippen molar-refractivity contribution in [2.24, 2.45) is 0 Å². The zero-order valence-electron chi connectivity index (χ0n) is 9.62. The highest BCUT2D eigenvalue weighted by Gasteiger charge is 2.40. The van der Waals surface area contributed by atoms with Crippen LogP contribution < -0.4 is 4.74 Å². The molecule has 1 aromatic carbocycles. The summed E-state index contributed by atoms with van der Waals surface area (Å²) < 4.78 is 10.9. The Balaban J connectivity index is 1.92. The Kier molecular flexibility index (Phi) is 2.70. The van der Waals surface area contributed by atoms with Crippen molar-refractivity contribution in [3.05, 3.63) is 29.8 Å². The molecule has 1 fully saturated rings. The van der Waals surface area contributed by atoms with E-state index in [1.807, 2.05) is 12.1 Å². The van der Waals surface area contributed by atoms with E-state index in [1.54, 1.807) is 0 Å². The molecule has 1 heterocycles. The van der Waals surface area contributed by atoms with Gasteiger partial charge in [-0.2, -0.15) is 0 Å². The predicted molar refractivity (Wildman–Crippen MR) is 60.4 cm³/mol. The summed E-state index contributed by atoms with van der Waals surface area (Å²) in [6.07, 6.45) is 0. The highest BCUT2D eigenvalue weighted by atomic mass is 16.6. The lowest BCUT2D eigenvalue weighted by Gasteiger charge is -2.10. The molecule has 1 aliphatic heterocycles. The third-order valence-electron chi connectivity index (χ3n) is 2.73. The number of ether oxygens (including phenoxy) is 2. The van der Waals surface area contributed by atoms with Crippen molar-refractivity contribution in [2.45, 2.75) is 32.3 Å². The van der Waals surface area contributed by atoms with Crippen molar-refractivity contribution in [3.8, 4) is 5.75 Å². The molecule has 1 aliphatic rings. The minimum Gasteiger partial charge on any atom is -0.491 e. The van der Waals surface area contributed by atoms with Crippen LogP contribution in [0.5, 0.6) is 5.75 Å². The van der Waals surface area contributed by atoms with Crippen LogP contribution in [0.4, 0.5) is 0 Å². The Morgan fingerprint density at radius 1 is 1.33 bits per heavy atom. The molecule has 0 radical (unpaired) electrons. The number of hydrogen-bond acceptors (Lipinski definition) is 2. The second kappa shape index (κ2) is 3.86. The van der Waals surface area contributed by atoms with Gasteiger partial charge < -0.3 is 9.47 Å². The monoisotopic (exact) mass is 206 g/mol. The van der Waals surface area contributed by atoms with Gasteiger partial charge in [-0.3, -0.25) is 0 Å². The lowest BCUT2D eigenvalue weighted by Crippen LogP contribution is -2.16. The number of hydrogen-bond donors (Lipinski definition) is 0. The molecule has 1 unspecified atom stereocenters. The predicted octanol–water partition coefficient (Wildman–Crippen LogP) is 2.98. The summed E-state index contributed by atoms with van der Waals surface area (Å²) in [6, 6.07) is 8.30. The minimum atomic E-state index is -0.0310. The molecule has 0 aliphatic carbocycles. The van der Waals surface area contributed by atoms with Crippen LogP contribution in [0, 0.1) is 0 Å². The molecule has 1 saturated heterocycles. The topological polar surface area (TPSA) is 21.8 Å². The van der Waals surface area contributed by atoms with Crippen LogP contribution in [0.2, 0.25) is 0 Å². The Morgan fingerprint density at radius 3 is 2.40 bits per heavy atom. The van der Waals surface area contributed by atoms with Gasteiger partial charge in [-0.15, -0.1) is 0 Å². The summed E-state index contributed by atoms with van der Waals surface area (Å²) in [5.41, 5.74) is 1.31. The summed E-state index contributed by atoms with van der Waals surface area (Å²) in [5.74, 6) is 1.50. The first-order valence-electron chi connectivity index (χ1n) is 5.46. The van der Waals surface area contributed by atoms with E-state index in [0.717, 1.165) is 12.4 Å².